The third kappa shape index (κ3) is 3.27. The van der Waals surface area contributed by atoms with Crippen molar-refractivity contribution in [2.45, 2.75) is 51.1 Å². The zero-order valence-corrected chi connectivity index (χ0v) is 12.7. The molecule has 0 heterocycles. The zero-order valence-electron chi connectivity index (χ0n) is 11.2. The Morgan fingerprint density at radius 2 is 1.89 bits per heavy atom. The highest BCUT2D eigenvalue weighted by Crippen LogP contribution is 2.28. The van der Waals surface area contributed by atoms with E-state index in [0.29, 0.717) is 12.6 Å². The lowest BCUT2D eigenvalue weighted by Gasteiger charge is -2.29. The van der Waals surface area contributed by atoms with Gasteiger partial charge >= 0.3 is 0 Å². The van der Waals surface area contributed by atoms with E-state index in [0.717, 1.165) is 4.47 Å². The molecular formula is C15H23BrN2. The van der Waals surface area contributed by atoms with Gasteiger partial charge in [-0.25, -0.2) is 0 Å². The van der Waals surface area contributed by atoms with Crippen molar-refractivity contribution in [2.24, 2.45) is 5.73 Å². The van der Waals surface area contributed by atoms with Crippen LogP contribution in [0, 0.1) is 0 Å². The number of halogens is 1. The Labute approximate surface area is 119 Å². The van der Waals surface area contributed by atoms with Gasteiger partial charge in [-0.15, -0.1) is 0 Å². The summed E-state index contributed by atoms with van der Waals surface area (Å²) in [7, 11) is 2.22. The fourth-order valence-corrected chi connectivity index (χ4v) is 3.31. The predicted octanol–water partition coefficient (Wildman–Crippen LogP) is 4.07. The van der Waals surface area contributed by atoms with Crippen molar-refractivity contribution in [2.75, 3.05) is 11.9 Å². The summed E-state index contributed by atoms with van der Waals surface area (Å²) in [5.74, 6) is 0. The number of hydrogen-bond donors (Lipinski definition) is 1. The van der Waals surface area contributed by atoms with Gasteiger partial charge in [0.15, 0.2) is 0 Å². The van der Waals surface area contributed by atoms with Gasteiger partial charge in [-0.3, -0.25) is 0 Å². The van der Waals surface area contributed by atoms with E-state index in [1.165, 1.54) is 49.8 Å². The number of benzene rings is 1. The van der Waals surface area contributed by atoms with Gasteiger partial charge in [0.2, 0.25) is 0 Å². The van der Waals surface area contributed by atoms with Gasteiger partial charge in [0.1, 0.15) is 0 Å². The van der Waals surface area contributed by atoms with Gasteiger partial charge in [0, 0.05) is 29.8 Å². The first-order valence-electron chi connectivity index (χ1n) is 6.93. The minimum atomic E-state index is 0.591. The second kappa shape index (κ2) is 6.58. The summed E-state index contributed by atoms with van der Waals surface area (Å²) in [5.41, 5.74) is 8.17. The average molecular weight is 311 g/mol. The molecule has 0 atom stereocenters. The van der Waals surface area contributed by atoms with Crippen LogP contribution in [0.3, 0.4) is 0 Å². The van der Waals surface area contributed by atoms with Gasteiger partial charge in [0.05, 0.1) is 0 Å². The molecule has 0 aromatic heterocycles. The summed E-state index contributed by atoms with van der Waals surface area (Å²) in [6.45, 7) is 0.591. The molecule has 100 valence electrons. The van der Waals surface area contributed by atoms with Gasteiger partial charge in [-0.2, -0.15) is 0 Å². The Bertz CT molecular complexity index is 384. The predicted molar refractivity (Wildman–Crippen MR) is 81.9 cm³/mol. The molecule has 0 amide bonds. The molecule has 2 rings (SSSR count). The van der Waals surface area contributed by atoms with Crippen LogP contribution in [0.2, 0.25) is 0 Å². The summed E-state index contributed by atoms with van der Waals surface area (Å²) in [6.07, 6.45) is 8.20. The van der Waals surface area contributed by atoms with Crippen LogP contribution >= 0.6 is 15.9 Å². The Kier molecular flexibility index (Phi) is 5.07. The summed E-state index contributed by atoms with van der Waals surface area (Å²) < 4.78 is 1.13. The van der Waals surface area contributed by atoms with Crippen LogP contribution in [-0.2, 0) is 6.54 Å². The van der Waals surface area contributed by atoms with Gasteiger partial charge in [-0.05, 0) is 30.5 Å². The molecule has 0 radical (unpaired) electrons. The zero-order chi connectivity index (χ0) is 13.0. The first-order chi connectivity index (χ1) is 8.72. The molecule has 1 saturated carbocycles. The fraction of sp³-hybridized carbons (Fsp3) is 0.600. The number of hydrogen-bond acceptors (Lipinski definition) is 2. The van der Waals surface area contributed by atoms with E-state index >= 15 is 0 Å². The molecule has 0 unspecified atom stereocenters. The summed E-state index contributed by atoms with van der Waals surface area (Å²) >= 11 is 3.61. The average Bonchev–Trinajstić information content (AvgIpc) is 2.66. The molecule has 1 fully saturated rings. The van der Waals surface area contributed by atoms with Gasteiger partial charge in [0.25, 0.3) is 0 Å². The minimum absolute atomic E-state index is 0.591. The van der Waals surface area contributed by atoms with Crippen molar-refractivity contribution in [3.8, 4) is 0 Å². The highest BCUT2D eigenvalue weighted by Gasteiger charge is 2.17. The maximum atomic E-state index is 5.70. The van der Waals surface area contributed by atoms with Crippen LogP contribution in [0.5, 0.6) is 0 Å². The molecular weight excluding hydrogens is 288 g/mol. The quantitative estimate of drug-likeness (QED) is 0.853. The number of nitrogens with two attached hydrogens (primary N) is 1. The minimum Gasteiger partial charge on any atom is -0.372 e. The third-order valence-electron chi connectivity index (χ3n) is 4.04. The summed E-state index contributed by atoms with van der Waals surface area (Å²) in [5, 5.41) is 0. The molecule has 1 aliphatic carbocycles. The van der Waals surface area contributed by atoms with Crippen molar-refractivity contribution in [3.63, 3.8) is 0 Å². The highest BCUT2D eigenvalue weighted by molar-refractivity contribution is 9.10. The van der Waals surface area contributed by atoms with Crippen LogP contribution in [0.15, 0.2) is 22.7 Å². The van der Waals surface area contributed by atoms with Gasteiger partial charge < -0.3 is 10.6 Å². The van der Waals surface area contributed by atoms with Crippen LogP contribution in [0.1, 0.15) is 44.1 Å². The standard InChI is InChI=1S/C15H23BrN2/c1-18(13-6-4-2-3-5-7-13)14-9-8-12(11-17)15(16)10-14/h8-10,13H,2-7,11,17H2,1H3. The van der Waals surface area contributed by atoms with Crippen LogP contribution < -0.4 is 10.6 Å². The first-order valence-corrected chi connectivity index (χ1v) is 7.73. The normalized spacial score (nSPS) is 17.5. The Morgan fingerprint density at radius 1 is 1.22 bits per heavy atom. The maximum Gasteiger partial charge on any atom is 0.0377 e. The molecule has 1 aliphatic rings. The van der Waals surface area contributed by atoms with Crippen molar-refractivity contribution in [1.29, 1.82) is 0 Å². The van der Waals surface area contributed by atoms with E-state index in [1.54, 1.807) is 0 Å². The number of anilines is 1. The molecule has 2 nitrogen and oxygen atoms in total. The van der Waals surface area contributed by atoms with Crippen molar-refractivity contribution >= 4 is 21.6 Å². The molecule has 0 aliphatic heterocycles. The van der Waals surface area contributed by atoms with E-state index in [9.17, 15) is 0 Å². The largest absolute Gasteiger partial charge is 0.372 e. The van der Waals surface area contributed by atoms with Crippen LogP contribution in [0.4, 0.5) is 5.69 Å². The fourth-order valence-electron chi connectivity index (χ4n) is 2.78. The Morgan fingerprint density at radius 3 is 2.44 bits per heavy atom. The molecule has 2 N–H and O–H groups in total. The van der Waals surface area contributed by atoms with E-state index in [-0.39, 0.29) is 0 Å². The summed E-state index contributed by atoms with van der Waals surface area (Å²) in [6, 6.07) is 7.22. The summed E-state index contributed by atoms with van der Waals surface area (Å²) in [4.78, 5) is 2.44. The van der Waals surface area contributed by atoms with E-state index in [1.807, 2.05) is 0 Å². The molecule has 0 spiro atoms. The third-order valence-corrected chi connectivity index (χ3v) is 4.77. The lowest BCUT2D eigenvalue weighted by Crippen LogP contribution is -2.31. The molecule has 18 heavy (non-hydrogen) atoms. The lowest BCUT2D eigenvalue weighted by molar-refractivity contribution is 0.553. The second-order valence-corrected chi connectivity index (χ2v) is 6.09. The lowest BCUT2D eigenvalue weighted by atomic mass is 10.1. The van der Waals surface area contributed by atoms with Crippen molar-refractivity contribution < 1.29 is 0 Å². The highest BCUT2D eigenvalue weighted by atomic mass is 79.9. The maximum absolute atomic E-state index is 5.70. The van der Waals surface area contributed by atoms with Crippen LogP contribution in [0.25, 0.3) is 0 Å². The number of rotatable bonds is 3. The Balaban J connectivity index is 2.11. The van der Waals surface area contributed by atoms with E-state index in [2.05, 4.69) is 46.1 Å². The first kappa shape index (κ1) is 13.9. The van der Waals surface area contributed by atoms with Crippen molar-refractivity contribution in [3.05, 3.63) is 28.2 Å². The van der Waals surface area contributed by atoms with E-state index < -0.39 is 0 Å². The molecule has 3 heteroatoms. The van der Waals surface area contributed by atoms with Gasteiger partial charge in [-0.1, -0.05) is 47.7 Å². The SMILES string of the molecule is CN(c1ccc(CN)c(Br)c1)C1CCCCCC1. The molecule has 1 aromatic carbocycles. The smallest absolute Gasteiger partial charge is 0.0377 e. The topological polar surface area (TPSA) is 29.3 Å². The second-order valence-electron chi connectivity index (χ2n) is 5.24. The molecule has 0 saturated heterocycles. The number of nitrogens with zero attached hydrogens (tertiary/aromatic N) is 1. The monoisotopic (exact) mass is 310 g/mol. The molecule has 1 aromatic rings. The Hall–Kier alpha value is -0.540. The molecule has 0 bridgehead atoms. The van der Waals surface area contributed by atoms with Crippen molar-refractivity contribution in [1.82, 2.24) is 0 Å². The van der Waals surface area contributed by atoms with E-state index in [4.69, 9.17) is 5.73 Å². The van der Waals surface area contributed by atoms with Crippen LogP contribution in [-0.4, -0.2) is 13.1 Å².